The Morgan fingerprint density at radius 1 is 1.04 bits per heavy atom. The zero-order chi connectivity index (χ0) is 19.8. The molecule has 2 aromatic carbocycles. The van der Waals surface area contributed by atoms with Gasteiger partial charge in [-0.05, 0) is 49.4 Å². The Hall–Kier alpha value is -1.94. The van der Waals surface area contributed by atoms with Crippen molar-refractivity contribution in [1.29, 1.82) is 0 Å². The second-order valence-corrected chi connectivity index (χ2v) is 8.39. The van der Waals surface area contributed by atoms with Crippen LogP contribution in [0.3, 0.4) is 0 Å². The molecule has 0 heterocycles. The van der Waals surface area contributed by atoms with Crippen molar-refractivity contribution in [1.82, 2.24) is 5.32 Å². The van der Waals surface area contributed by atoms with Gasteiger partial charge in [0.05, 0.1) is 0 Å². The number of hydrogen-bond acceptors (Lipinski definition) is 3. The molecule has 2 rings (SSSR count). The van der Waals surface area contributed by atoms with Gasteiger partial charge < -0.3 is 10.1 Å². The monoisotopic (exact) mass is 385 g/mol. The first-order valence-electron chi connectivity index (χ1n) is 9.55. The van der Waals surface area contributed by atoms with E-state index in [1.165, 1.54) is 11.1 Å². The third-order valence-corrected chi connectivity index (χ3v) is 5.43. The van der Waals surface area contributed by atoms with Crippen LogP contribution in [0.15, 0.2) is 42.5 Å². The molecule has 0 radical (unpaired) electrons. The topological polar surface area (TPSA) is 38.3 Å². The molecule has 0 saturated carbocycles. The fourth-order valence-electron chi connectivity index (χ4n) is 2.73. The number of aryl methyl sites for hydroxylation is 2. The highest BCUT2D eigenvalue weighted by molar-refractivity contribution is 7.98. The predicted molar refractivity (Wildman–Crippen MR) is 116 cm³/mol. The van der Waals surface area contributed by atoms with Gasteiger partial charge in [0.2, 0.25) is 0 Å². The van der Waals surface area contributed by atoms with Gasteiger partial charge in [-0.2, -0.15) is 11.8 Å². The van der Waals surface area contributed by atoms with Crippen LogP contribution in [0.1, 0.15) is 48.9 Å². The number of carbonyl (C=O) groups is 1. The van der Waals surface area contributed by atoms with Crippen molar-refractivity contribution in [3.05, 3.63) is 64.7 Å². The molecular formula is C23H31NO2S. The first-order valence-corrected chi connectivity index (χ1v) is 10.7. The van der Waals surface area contributed by atoms with Gasteiger partial charge in [-0.1, -0.05) is 55.8 Å². The van der Waals surface area contributed by atoms with Crippen molar-refractivity contribution in [2.75, 3.05) is 12.3 Å². The number of carbonyl (C=O) groups excluding carboxylic acids is 1. The fourth-order valence-corrected chi connectivity index (χ4v) is 3.55. The van der Waals surface area contributed by atoms with Crippen LogP contribution in [0.2, 0.25) is 0 Å². The van der Waals surface area contributed by atoms with E-state index >= 15 is 0 Å². The standard InChI is InChI=1S/C23H31NO2S/c1-16(2)21-11-8-18(4)14-22(21)26-19(5)23(25)24-12-13-27-15-20-9-6-17(3)7-10-20/h6-11,14,16,19H,12-13,15H2,1-5H3,(H,24,25)/t19-/m1/s1. The van der Waals surface area contributed by atoms with Crippen molar-refractivity contribution in [2.24, 2.45) is 0 Å². The summed E-state index contributed by atoms with van der Waals surface area (Å²) in [5.41, 5.74) is 4.86. The summed E-state index contributed by atoms with van der Waals surface area (Å²) in [6.45, 7) is 10.8. The van der Waals surface area contributed by atoms with E-state index in [0.717, 1.165) is 28.4 Å². The average Bonchev–Trinajstić information content (AvgIpc) is 2.62. The highest BCUT2D eigenvalue weighted by Crippen LogP contribution is 2.28. The molecule has 27 heavy (non-hydrogen) atoms. The Kier molecular flexibility index (Phi) is 8.23. The molecule has 0 aliphatic heterocycles. The van der Waals surface area contributed by atoms with E-state index < -0.39 is 6.10 Å². The van der Waals surface area contributed by atoms with E-state index in [2.05, 4.69) is 62.5 Å². The maximum Gasteiger partial charge on any atom is 0.260 e. The Morgan fingerprint density at radius 2 is 1.70 bits per heavy atom. The molecular weight excluding hydrogens is 354 g/mol. The summed E-state index contributed by atoms with van der Waals surface area (Å²) >= 11 is 1.82. The van der Waals surface area contributed by atoms with Gasteiger partial charge in [0.25, 0.3) is 5.91 Å². The van der Waals surface area contributed by atoms with Gasteiger partial charge in [0.1, 0.15) is 5.75 Å². The van der Waals surface area contributed by atoms with Gasteiger partial charge in [-0.15, -0.1) is 0 Å². The van der Waals surface area contributed by atoms with Crippen molar-refractivity contribution in [3.63, 3.8) is 0 Å². The molecule has 0 spiro atoms. The maximum atomic E-state index is 12.3. The summed E-state index contributed by atoms with van der Waals surface area (Å²) in [5.74, 6) is 2.94. The quantitative estimate of drug-likeness (QED) is 0.600. The molecule has 0 saturated heterocycles. The van der Waals surface area contributed by atoms with Crippen LogP contribution in [0.5, 0.6) is 5.75 Å². The molecule has 1 atom stereocenters. The smallest absolute Gasteiger partial charge is 0.260 e. The van der Waals surface area contributed by atoms with Gasteiger partial charge in [-0.25, -0.2) is 0 Å². The number of benzene rings is 2. The lowest BCUT2D eigenvalue weighted by Gasteiger charge is -2.19. The largest absolute Gasteiger partial charge is 0.481 e. The van der Waals surface area contributed by atoms with Crippen LogP contribution in [0, 0.1) is 13.8 Å². The van der Waals surface area contributed by atoms with E-state index in [9.17, 15) is 4.79 Å². The lowest BCUT2D eigenvalue weighted by molar-refractivity contribution is -0.127. The lowest BCUT2D eigenvalue weighted by atomic mass is 10.0. The second kappa shape index (κ2) is 10.4. The minimum absolute atomic E-state index is 0.0675. The molecule has 0 aromatic heterocycles. The zero-order valence-corrected chi connectivity index (χ0v) is 17.9. The van der Waals surface area contributed by atoms with Gasteiger partial charge >= 0.3 is 0 Å². The Labute approximate surface area is 167 Å². The summed E-state index contributed by atoms with van der Waals surface area (Å²) in [6.07, 6.45) is -0.508. The van der Waals surface area contributed by atoms with Gasteiger partial charge in [0, 0.05) is 18.1 Å². The van der Waals surface area contributed by atoms with Crippen LogP contribution in [0.25, 0.3) is 0 Å². The van der Waals surface area contributed by atoms with Crippen LogP contribution in [0.4, 0.5) is 0 Å². The first kappa shape index (κ1) is 21.4. The van der Waals surface area contributed by atoms with E-state index in [-0.39, 0.29) is 5.91 Å². The van der Waals surface area contributed by atoms with Crippen molar-refractivity contribution in [2.45, 2.75) is 52.4 Å². The Morgan fingerprint density at radius 3 is 2.37 bits per heavy atom. The summed E-state index contributed by atoms with van der Waals surface area (Å²) in [4.78, 5) is 12.3. The molecule has 146 valence electrons. The van der Waals surface area contributed by atoms with Crippen LogP contribution >= 0.6 is 11.8 Å². The number of thioether (sulfide) groups is 1. The summed E-state index contributed by atoms with van der Waals surface area (Å²) < 4.78 is 5.97. The molecule has 1 amide bonds. The van der Waals surface area contributed by atoms with Gasteiger partial charge in [0.15, 0.2) is 6.10 Å². The van der Waals surface area contributed by atoms with E-state index in [0.29, 0.717) is 12.5 Å². The third-order valence-electron chi connectivity index (χ3n) is 4.40. The number of ether oxygens (including phenoxy) is 1. The number of rotatable bonds is 9. The van der Waals surface area contributed by atoms with Crippen LogP contribution < -0.4 is 10.1 Å². The minimum Gasteiger partial charge on any atom is -0.481 e. The van der Waals surface area contributed by atoms with Gasteiger partial charge in [-0.3, -0.25) is 4.79 Å². The number of amides is 1. The highest BCUT2D eigenvalue weighted by atomic mass is 32.2. The van der Waals surface area contributed by atoms with E-state index in [1.54, 1.807) is 6.92 Å². The molecule has 2 aromatic rings. The summed E-state index contributed by atoms with van der Waals surface area (Å²) in [7, 11) is 0. The van der Waals surface area contributed by atoms with Crippen LogP contribution in [-0.4, -0.2) is 24.3 Å². The van der Waals surface area contributed by atoms with E-state index in [1.807, 2.05) is 24.8 Å². The van der Waals surface area contributed by atoms with Crippen molar-refractivity contribution in [3.8, 4) is 5.75 Å². The normalized spacial score (nSPS) is 12.1. The van der Waals surface area contributed by atoms with Crippen molar-refractivity contribution < 1.29 is 9.53 Å². The van der Waals surface area contributed by atoms with Crippen molar-refractivity contribution >= 4 is 17.7 Å². The molecule has 0 bridgehead atoms. The zero-order valence-electron chi connectivity index (χ0n) is 17.0. The fraction of sp³-hybridized carbons (Fsp3) is 0.435. The first-order chi connectivity index (χ1) is 12.9. The number of hydrogen-bond donors (Lipinski definition) is 1. The minimum atomic E-state index is -0.508. The molecule has 0 unspecified atom stereocenters. The molecule has 1 N–H and O–H groups in total. The van der Waals surface area contributed by atoms with E-state index in [4.69, 9.17) is 4.74 Å². The molecule has 3 nitrogen and oxygen atoms in total. The predicted octanol–water partition coefficient (Wildman–Crippen LogP) is 5.24. The highest BCUT2D eigenvalue weighted by Gasteiger charge is 2.17. The lowest BCUT2D eigenvalue weighted by Crippen LogP contribution is -2.37. The average molecular weight is 386 g/mol. The Bertz CT molecular complexity index is 741. The number of nitrogens with one attached hydrogen (secondary N) is 1. The Balaban J connectivity index is 1.76. The van der Waals surface area contributed by atoms with Crippen LogP contribution in [-0.2, 0) is 10.5 Å². The molecule has 0 aliphatic carbocycles. The second-order valence-electron chi connectivity index (χ2n) is 7.29. The summed E-state index contributed by atoms with van der Waals surface area (Å²) in [6, 6.07) is 14.8. The molecule has 0 aliphatic rings. The SMILES string of the molecule is Cc1ccc(CSCCNC(=O)[C@@H](C)Oc2cc(C)ccc2C(C)C)cc1. The molecule has 4 heteroatoms. The summed E-state index contributed by atoms with van der Waals surface area (Å²) in [5, 5.41) is 2.98. The molecule has 0 fully saturated rings. The third kappa shape index (κ3) is 6.94. The maximum absolute atomic E-state index is 12.3.